The summed E-state index contributed by atoms with van der Waals surface area (Å²) in [4.78, 5) is 22.6. The molecule has 2 aromatic rings. The maximum absolute atomic E-state index is 12.7. The summed E-state index contributed by atoms with van der Waals surface area (Å²) < 4.78 is 0. The van der Waals surface area contributed by atoms with Crippen molar-refractivity contribution in [1.29, 1.82) is 0 Å². The number of fused-ring (bicyclic) bond motifs is 1. The van der Waals surface area contributed by atoms with Gasteiger partial charge in [0.1, 0.15) is 5.65 Å². The summed E-state index contributed by atoms with van der Waals surface area (Å²) in [7, 11) is 0. The van der Waals surface area contributed by atoms with E-state index in [-0.39, 0.29) is 11.9 Å². The van der Waals surface area contributed by atoms with E-state index in [2.05, 4.69) is 20.2 Å². The van der Waals surface area contributed by atoms with Crippen molar-refractivity contribution in [3.63, 3.8) is 0 Å². The van der Waals surface area contributed by atoms with Crippen LogP contribution in [0.4, 0.5) is 0 Å². The average Bonchev–Trinajstić information content (AvgIpc) is 3.37. The molecule has 150 valence electrons. The van der Waals surface area contributed by atoms with Crippen LogP contribution in [0.15, 0.2) is 30.6 Å². The number of H-pyrrole nitrogens is 1. The molecule has 1 aliphatic heterocycles. The van der Waals surface area contributed by atoms with E-state index in [1.54, 1.807) is 12.3 Å². The predicted octanol–water partition coefficient (Wildman–Crippen LogP) is 4.13. The van der Waals surface area contributed by atoms with E-state index in [0.717, 1.165) is 35.5 Å². The van der Waals surface area contributed by atoms with Crippen molar-refractivity contribution in [1.82, 2.24) is 20.2 Å². The second-order valence-corrected chi connectivity index (χ2v) is 8.43. The van der Waals surface area contributed by atoms with E-state index in [1.807, 2.05) is 24.4 Å². The van der Waals surface area contributed by atoms with Crippen LogP contribution in [0.5, 0.6) is 0 Å². The van der Waals surface area contributed by atoms with Crippen molar-refractivity contribution in [3.8, 4) is 0 Å². The molecule has 1 saturated heterocycles. The van der Waals surface area contributed by atoms with Gasteiger partial charge in [-0.25, -0.2) is 4.98 Å². The monoisotopic (exact) mass is 380 g/mol. The lowest BCUT2D eigenvalue weighted by Crippen LogP contribution is -2.43. The zero-order valence-corrected chi connectivity index (χ0v) is 16.7. The van der Waals surface area contributed by atoms with Crippen molar-refractivity contribution >= 4 is 23.0 Å². The third-order valence-electron chi connectivity index (χ3n) is 6.26. The Kier molecular flexibility index (Phi) is 6.42. The van der Waals surface area contributed by atoms with Crippen LogP contribution in [0.1, 0.15) is 56.9 Å². The molecular formula is C23H32N4O. The number of hydrogen-bond acceptors (Lipinski definition) is 3. The van der Waals surface area contributed by atoms with Crippen molar-refractivity contribution in [2.45, 2.75) is 57.4 Å². The molecule has 1 atom stereocenters. The van der Waals surface area contributed by atoms with E-state index in [9.17, 15) is 4.79 Å². The molecule has 0 radical (unpaired) electrons. The topological polar surface area (TPSA) is 61.0 Å². The SMILES string of the molecule is O=C(/C=C/c1c[nH]c2ncccc12)N[C@@H](CC1CCCCC1)CN1CCCC1. The van der Waals surface area contributed by atoms with Crippen LogP contribution in [0.2, 0.25) is 0 Å². The lowest BCUT2D eigenvalue weighted by molar-refractivity contribution is -0.117. The molecule has 1 saturated carbocycles. The molecule has 0 unspecified atom stereocenters. The van der Waals surface area contributed by atoms with Gasteiger partial charge >= 0.3 is 0 Å². The summed E-state index contributed by atoms with van der Waals surface area (Å²) in [5, 5.41) is 4.35. The van der Waals surface area contributed by atoms with Crippen molar-refractivity contribution in [2.24, 2.45) is 5.92 Å². The summed E-state index contributed by atoms with van der Waals surface area (Å²) in [5.74, 6) is 0.781. The maximum atomic E-state index is 12.7. The molecule has 2 aliphatic rings. The summed E-state index contributed by atoms with van der Waals surface area (Å²) in [6, 6.07) is 4.20. The molecule has 3 heterocycles. The molecule has 2 aromatic heterocycles. The van der Waals surface area contributed by atoms with Gasteiger partial charge in [-0.05, 0) is 56.5 Å². The molecule has 0 spiro atoms. The van der Waals surface area contributed by atoms with Crippen molar-refractivity contribution < 1.29 is 4.79 Å². The number of nitrogens with zero attached hydrogens (tertiary/aromatic N) is 2. The molecular weight excluding hydrogens is 348 g/mol. The zero-order chi connectivity index (χ0) is 19.2. The quantitative estimate of drug-likeness (QED) is 0.710. The van der Waals surface area contributed by atoms with Crippen LogP contribution in [-0.4, -0.2) is 46.5 Å². The Hall–Kier alpha value is -2.14. The zero-order valence-electron chi connectivity index (χ0n) is 16.7. The van der Waals surface area contributed by atoms with E-state index in [4.69, 9.17) is 0 Å². The molecule has 28 heavy (non-hydrogen) atoms. The highest BCUT2D eigenvalue weighted by Gasteiger charge is 2.23. The largest absolute Gasteiger partial charge is 0.349 e. The molecule has 4 rings (SSSR count). The van der Waals surface area contributed by atoms with Gasteiger partial charge in [0.25, 0.3) is 0 Å². The number of pyridine rings is 1. The third kappa shape index (κ3) is 5.02. The Morgan fingerprint density at radius 3 is 2.89 bits per heavy atom. The maximum Gasteiger partial charge on any atom is 0.244 e. The van der Waals surface area contributed by atoms with Crippen LogP contribution >= 0.6 is 0 Å². The van der Waals surface area contributed by atoms with Gasteiger partial charge in [0, 0.05) is 42.0 Å². The van der Waals surface area contributed by atoms with Crippen molar-refractivity contribution in [3.05, 3.63) is 36.2 Å². The molecule has 2 N–H and O–H groups in total. The van der Waals surface area contributed by atoms with Crippen LogP contribution in [-0.2, 0) is 4.79 Å². The molecule has 0 bridgehead atoms. The summed E-state index contributed by atoms with van der Waals surface area (Å²) in [5.41, 5.74) is 1.85. The molecule has 1 amide bonds. The van der Waals surface area contributed by atoms with E-state index in [1.165, 1.54) is 58.0 Å². The first-order valence-electron chi connectivity index (χ1n) is 10.9. The number of carbonyl (C=O) groups excluding carboxylic acids is 1. The number of hydrogen-bond donors (Lipinski definition) is 2. The number of aromatic amines is 1. The first-order valence-corrected chi connectivity index (χ1v) is 10.9. The van der Waals surface area contributed by atoms with Gasteiger partial charge < -0.3 is 15.2 Å². The van der Waals surface area contributed by atoms with E-state index >= 15 is 0 Å². The van der Waals surface area contributed by atoms with Gasteiger partial charge in [-0.3, -0.25) is 4.79 Å². The highest BCUT2D eigenvalue weighted by atomic mass is 16.1. The number of aromatic nitrogens is 2. The minimum absolute atomic E-state index is 0.0123. The molecule has 5 heteroatoms. The third-order valence-corrected chi connectivity index (χ3v) is 6.26. The standard InChI is InChI=1S/C23H32N4O/c28-22(11-10-19-16-25-23-21(19)9-6-12-24-23)26-20(17-27-13-4-5-14-27)15-18-7-2-1-3-8-18/h6,9-12,16,18,20H,1-5,7-8,13-15,17H2,(H,24,25)(H,26,28)/b11-10+/t20-/m0/s1. The summed E-state index contributed by atoms with van der Waals surface area (Å²) >= 11 is 0. The Bertz CT molecular complexity index is 800. The average molecular weight is 381 g/mol. The number of amides is 1. The van der Waals surface area contributed by atoms with E-state index in [0.29, 0.717) is 0 Å². The number of carbonyl (C=O) groups is 1. The van der Waals surface area contributed by atoms with Gasteiger partial charge in [-0.15, -0.1) is 0 Å². The highest BCUT2D eigenvalue weighted by molar-refractivity contribution is 5.95. The number of rotatable bonds is 7. The molecule has 0 aromatic carbocycles. The van der Waals surface area contributed by atoms with Crippen LogP contribution in [0.3, 0.4) is 0 Å². The smallest absolute Gasteiger partial charge is 0.244 e. The summed E-state index contributed by atoms with van der Waals surface area (Å²) in [6.45, 7) is 3.34. The lowest BCUT2D eigenvalue weighted by atomic mass is 9.84. The van der Waals surface area contributed by atoms with Gasteiger partial charge in [-0.2, -0.15) is 0 Å². The molecule has 1 aliphatic carbocycles. The van der Waals surface area contributed by atoms with Gasteiger partial charge in [0.15, 0.2) is 0 Å². The minimum atomic E-state index is 0.0123. The Labute approximate surface area is 167 Å². The van der Waals surface area contributed by atoms with Gasteiger partial charge in [0.2, 0.25) is 5.91 Å². The Balaban J connectivity index is 1.38. The van der Waals surface area contributed by atoms with Crippen LogP contribution < -0.4 is 5.32 Å². The number of likely N-dealkylation sites (tertiary alicyclic amines) is 1. The van der Waals surface area contributed by atoms with Crippen LogP contribution in [0.25, 0.3) is 17.1 Å². The van der Waals surface area contributed by atoms with Crippen LogP contribution in [0, 0.1) is 5.92 Å². The normalized spacial score (nSPS) is 20.1. The first kappa shape index (κ1) is 19.2. The fraction of sp³-hybridized carbons (Fsp3) is 0.565. The predicted molar refractivity (Wildman–Crippen MR) is 114 cm³/mol. The Morgan fingerprint density at radius 2 is 2.07 bits per heavy atom. The second kappa shape index (κ2) is 9.37. The van der Waals surface area contributed by atoms with Crippen molar-refractivity contribution in [2.75, 3.05) is 19.6 Å². The highest BCUT2D eigenvalue weighted by Crippen LogP contribution is 2.28. The number of nitrogens with one attached hydrogen (secondary N) is 2. The molecule has 2 fully saturated rings. The fourth-order valence-electron chi connectivity index (χ4n) is 4.81. The van der Waals surface area contributed by atoms with Gasteiger partial charge in [0.05, 0.1) is 0 Å². The van der Waals surface area contributed by atoms with Gasteiger partial charge in [-0.1, -0.05) is 32.1 Å². The summed E-state index contributed by atoms with van der Waals surface area (Å²) in [6.07, 6.45) is 17.7. The fourth-order valence-corrected chi connectivity index (χ4v) is 4.81. The lowest BCUT2D eigenvalue weighted by Gasteiger charge is -2.29. The first-order chi connectivity index (χ1) is 13.8. The second-order valence-electron chi connectivity index (χ2n) is 8.43. The molecule has 5 nitrogen and oxygen atoms in total. The Morgan fingerprint density at radius 1 is 1.25 bits per heavy atom. The minimum Gasteiger partial charge on any atom is -0.349 e. The van der Waals surface area contributed by atoms with E-state index < -0.39 is 0 Å².